The smallest absolute Gasteiger partial charge is 0.175 e. The molecule has 0 saturated carbocycles. The minimum absolute atomic E-state index is 0. The Bertz CT molecular complexity index is 1830. The zero-order chi connectivity index (χ0) is 28.6. The molecular weight excluding hydrogens is 552 g/mol. The number of anilines is 2. The van der Waals surface area contributed by atoms with E-state index < -0.39 is 9.84 Å². The molecule has 1 saturated heterocycles. The van der Waals surface area contributed by atoms with Crippen LogP contribution in [-0.2, 0) is 9.84 Å². The van der Waals surface area contributed by atoms with Crippen molar-refractivity contribution in [3.8, 4) is 33.9 Å². The Morgan fingerprint density at radius 1 is 0.833 bits per heavy atom. The maximum Gasteiger partial charge on any atom is 0.175 e. The Labute approximate surface area is 245 Å². The summed E-state index contributed by atoms with van der Waals surface area (Å²) in [5, 5.41) is 8.44. The summed E-state index contributed by atoms with van der Waals surface area (Å²) in [6.07, 6.45) is 4.66. The number of rotatable bonds is 7. The standard InChI is InChI=1S/C30H30N6O4S.CH4/c1-39-27-10-8-21(16-28(27)40-2)29-25(18-33-34-29)20-7-9-26-24(15-20)30(32-19-31-26)36-13-11-35(12-14-36)22-5-4-6-23(17-22)41(3,37)38;/h4-10,15-19H,11-14H2,1-3H3,(H,33,34);1H4. The highest BCUT2D eigenvalue weighted by Gasteiger charge is 2.22. The van der Waals surface area contributed by atoms with Gasteiger partial charge in [0.2, 0.25) is 0 Å². The van der Waals surface area contributed by atoms with Crippen LogP contribution in [0.1, 0.15) is 7.43 Å². The number of H-pyrrole nitrogens is 1. The quantitative estimate of drug-likeness (QED) is 0.279. The first-order valence-electron chi connectivity index (χ1n) is 13.2. The van der Waals surface area contributed by atoms with Crippen molar-refractivity contribution in [1.82, 2.24) is 20.2 Å². The largest absolute Gasteiger partial charge is 0.493 e. The fourth-order valence-electron chi connectivity index (χ4n) is 5.27. The zero-order valence-electron chi connectivity index (χ0n) is 23.0. The lowest BCUT2D eigenvalue weighted by atomic mass is 10.00. The summed E-state index contributed by atoms with van der Waals surface area (Å²) >= 11 is 0. The van der Waals surface area contributed by atoms with Gasteiger partial charge in [-0.1, -0.05) is 19.6 Å². The predicted molar refractivity (Wildman–Crippen MR) is 166 cm³/mol. The summed E-state index contributed by atoms with van der Waals surface area (Å²) in [6, 6.07) is 19.1. The van der Waals surface area contributed by atoms with Crippen molar-refractivity contribution in [3.05, 3.63) is 73.2 Å². The zero-order valence-corrected chi connectivity index (χ0v) is 23.9. The number of nitrogens with zero attached hydrogens (tertiary/aromatic N) is 5. The second kappa shape index (κ2) is 11.7. The van der Waals surface area contributed by atoms with Crippen LogP contribution in [0.15, 0.2) is 78.1 Å². The minimum atomic E-state index is -3.27. The molecule has 0 aliphatic carbocycles. The number of nitrogens with one attached hydrogen (secondary N) is 1. The molecule has 0 atom stereocenters. The normalized spacial score (nSPS) is 13.6. The van der Waals surface area contributed by atoms with Crippen LogP contribution in [0.5, 0.6) is 11.5 Å². The summed E-state index contributed by atoms with van der Waals surface area (Å²) in [6.45, 7) is 2.96. The molecule has 0 bridgehead atoms. The molecule has 2 aromatic heterocycles. The van der Waals surface area contributed by atoms with Crippen molar-refractivity contribution in [1.29, 1.82) is 0 Å². The average Bonchev–Trinajstić information content (AvgIpc) is 3.50. The molecule has 6 rings (SSSR count). The van der Waals surface area contributed by atoms with Crippen LogP contribution >= 0.6 is 0 Å². The molecule has 0 unspecified atom stereocenters. The van der Waals surface area contributed by atoms with E-state index in [0.717, 1.165) is 71.0 Å². The molecule has 42 heavy (non-hydrogen) atoms. The van der Waals surface area contributed by atoms with E-state index in [1.54, 1.807) is 38.7 Å². The van der Waals surface area contributed by atoms with E-state index in [9.17, 15) is 8.42 Å². The summed E-state index contributed by atoms with van der Waals surface area (Å²) in [5.74, 6) is 2.17. The number of methoxy groups -OCH3 is 2. The van der Waals surface area contributed by atoms with Gasteiger partial charge in [-0.2, -0.15) is 5.10 Å². The number of aromatic nitrogens is 4. The second-order valence-corrected chi connectivity index (χ2v) is 11.9. The number of hydrogen-bond acceptors (Lipinski definition) is 9. The minimum Gasteiger partial charge on any atom is -0.493 e. The van der Waals surface area contributed by atoms with E-state index in [4.69, 9.17) is 9.47 Å². The molecule has 11 heteroatoms. The van der Waals surface area contributed by atoms with E-state index in [1.165, 1.54) is 6.26 Å². The molecule has 1 aliphatic rings. The molecule has 1 aliphatic heterocycles. The van der Waals surface area contributed by atoms with Crippen molar-refractivity contribution in [3.63, 3.8) is 0 Å². The number of hydrogen-bond donors (Lipinski definition) is 1. The van der Waals surface area contributed by atoms with Gasteiger partial charge in [0.15, 0.2) is 21.3 Å². The molecule has 218 valence electrons. The van der Waals surface area contributed by atoms with E-state index in [2.05, 4.69) is 36.0 Å². The molecule has 0 spiro atoms. The van der Waals surface area contributed by atoms with Crippen molar-refractivity contribution in [2.75, 3.05) is 56.5 Å². The Balaban J connectivity index is 0.00000353. The number of benzene rings is 3. The van der Waals surface area contributed by atoms with Crippen LogP contribution < -0.4 is 19.3 Å². The number of aromatic amines is 1. The van der Waals surface area contributed by atoms with Gasteiger partial charge in [0.05, 0.1) is 36.5 Å². The van der Waals surface area contributed by atoms with Gasteiger partial charge in [-0.3, -0.25) is 5.10 Å². The molecule has 5 aromatic rings. The maximum atomic E-state index is 12.0. The maximum absolute atomic E-state index is 12.0. The SMILES string of the molecule is C.COc1ccc(-c2[nH]ncc2-c2ccc3ncnc(N4CCN(c5cccc(S(C)(=O)=O)c5)CC4)c3c2)cc1OC. The Morgan fingerprint density at radius 2 is 1.57 bits per heavy atom. The highest BCUT2D eigenvalue weighted by atomic mass is 32.2. The van der Waals surface area contributed by atoms with Crippen LogP contribution in [0, 0.1) is 0 Å². The first-order valence-corrected chi connectivity index (χ1v) is 15.1. The predicted octanol–water partition coefficient (Wildman–Crippen LogP) is 5.07. The van der Waals surface area contributed by atoms with Gasteiger partial charge in [-0.05, 0) is 54.1 Å². The van der Waals surface area contributed by atoms with E-state index in [1.807, 2.05) is 42.6 Å². The van der Waals surface area contributed by atoms with Crippen LogP contribution in [-0.4, -0.2) is 75.2 Å². The average molecular weight is 587 g/mol. The first kappa shape index (κ1) is 28.9. The van der Waals surface area contributed by atoms with E-state index >= 15 is 0 Å². The van der Waals surface area contributed by atoms with Crippen molar-refractivity contribution >= 4 is 32.2 Å². The van der Waals surface area contributed by atoms with Crippen LogP contribution in [0.3, 0.4) is 0 Å². The second-order valence-electron chi connectivity index (χ2n) is 9.90. The van der Waals surface area contributed by atoms with Crippen LogP contribution in [0.25, 0.3) is 33.3 Å². The van der Waals surface area contributed by atoms with Crippen molar-refractivity contribution in [2.24, 2.45) is 0 Å². The fourth-order valence-corrected chi connectivity index (χ4v) is 5.93. The summed E-state index contributed by atoms with van der Waals surface area (Å²) in [7, 11) is -0.0319. The first-order chi connectivity index (χ1) is 19.9. The lowest BCUT2D eigenvalue weighted by molar-refractivity contribution is 0.355. The van der Waals surface area contributed by atoms with E-state index in [0.29, 0.717) is 16.4 Å². The monoisotopic (exact) mass is 586 g/mol. The third kappa shape index (κ3) is 5.47. The molecule has 3 aromatic carbocycles. The Kier molecular flexibility index (Phi) is 8.04. The molecule has 1 fully saturated rings. The lowest BCUT2D eigenvalue weighted by Gasteiger charge is -2.37. The van der Waals surface area contributed by atoms with Gasteiger partial charge in [0.25, 0.3) is 0 Å². The van der Waals surface area contributed by atoms with Crippen LogP contribution in [0.4, 0.5) is 11.5 Å². The Morgan fingerprint density at radius 3 is 2.31 bits per heavy atom. The Hall–Kier alpha value is -4.64. The number of ether oxygens (including phenoxy) is 2. The molecule has 0 amide bonds. The molecule has 1 N–H and O–H groups in total. The lowest BCUT2D eigenvalue weighted by Crippen LogP contribution is -2.47. The highest BCUT2D eigenvalue weighted by molar-refractivity contribution is 7.90. The van der Waals surface area contributed by atoms with Gasteiger partial charge in [0, 0.05) is 54.6 Å². The summed E-state index contributed by atoms with van der Waals surface area (Å²) in [4.78, 5) is 14.0. The number of sulfone groups is 1. The molecular formula is C31H34N6O4S. The molecule has 10 nitrogen and oxygen atoms in total. The number of piperazine rings is 1. The summed E-state index contributed by atoms with van der Waals surface area (Å²) < 4.78 is 35.0. The third-order valence-electron chi connectivity index (χ3n) is 7.43. The number of fused-ring (bicyclic) bond motifs is 1. The van der Waals surface area contributed by atoms with Gasteiger partial charge >= 0.3 is 0 Å². The van der Waals surface area contributed by atoms with E-state index in [-0.39, 0.29) is 7.43 Å². The van der Waals surface area contributed by atoms with Crippen molar-refractivity contribution in [2.45, 2.75) is 12.3 Å². The van der Waals surface area contributed by atoms with Gasteiger partial charge in [-0.15, -0.1) is 0 Å². The van der Waals surface area contributed by atoms with Gasteiger partial charge < -0.3 is 19.3 Å². The van der Waals surface area contributed by atoms with Gasteiger partial charge in [-0.25, -0.2) is 18.4 Å². The highest BCUT2D eigenvalue weighted by Crippen LogP contribution is 2.37. The summed E-state index contributed by atoms with van der Waals surface area (Å²) in [5.41, 5.74) is 5.50. The topological polar surface area (TPSA) is 114 Å². The molecule has 0 radical (unpaired) electrons. The van der Waals surface area contributed by atoms with Crippen molar-refractivity contribution < 1.29 is 17.9 Å². The fraction of sp³-hybridized carbons (Fsp3) is 0.258. The molecule has 3 heterocycles. The van der Waals surface area contributed by atoms with Crippen LogP contribution in [0.2, 0.25) is 0 Å². The van der Waals surface area contributed by atoms with Gasteiger partial charge in [0.1, 0.15) is 12.1 Å². The third-order valence-corrected chi connectivity index (χ3v) is 8.54.